The summed E-state index contributed by atoms with van der Waals surface area (Å²) in [5.74, 6) is -7.59. The first-order valence-electron chi connectivity index (χ1n) is 37.3. The van der Waals surface area contributed by atoms with E-state index in [9.17, 15) is 24.3 Å². The van der Waals surface area contributed by atoms with Crippen LogP contribution < -0.4 is 5.32 Å². The molecule has 16 heteroatoms. The van der Waals surface area contributed by atoms with E-state index in [4.69, 9.17) is 33.2 Å². The van der Waals surface area contributed by atoms with Gasteiger partial charge in [0, 0.05) is 38.0 Å². The third kappa shape index (κ3) is 24.2. The molecule has 2 unspecified atom stereocenters. The Kier molecular flexibility index (Phi) is 34.2. The molecule has 1 amide bonds. The monoisotopic (exact) mass is 1430 g/mol. The fourth-order valence-electron chi connectivity index (χ4n) is 14.1. The number of allylic oxidation sites excluding steroid dienone is 24. The third-order valence-corrected chi connectivity index (χ3v) is 19.6. The summed E-state index contributed by atoms with van der Waals surface area (Å²) in [6, 6.07) is 15.8. The van der Waals surface area contributed by atoms with Crippen molar-refractivity contribution in [3.8, 4) is 0 Å². The number of aliphatic hydroxyl groups is 1. The molecule has 1 saturated heterocycles. The summed E-state index contributed by atoms with van der Waals surface area (Å²) in [5.41, 5.74) is -8.13. The van der Waals surface area contributed by atoms with Crippen LogP contribution in [0.25, 0.3) is 0 Å². The van der Waals surface area contributed by atoms with Gasteiger partial charge in [0.2, 0.25) is 0 Å². The van der Waals surface area contributed by atoms with Crippen LogP contribution in [0.15, 0.2) is 218 Å². The van der Waals surface area contributed by atoms with Gasteiger partial charge in [0.15, 0.2) is 17.5 Å². The molecule has 2 saturated carbocycles. The highest BCUT2D eigenvalue weighted by Gasteiger charge is 2.79. The molecular formula is C88H115NO15. The zero-order valence-electron chi connectivity index (χ0n) is 63.3. The molecule has 562 valence electrons. The predicted molar refractivity (Wildman–Crippen MR) is 409 cm³/mol. The van der Waals surface area contributed by atoms with Crippen molar-refractivity contribution in [3.05, 3.63) is 229 Å². The van der Waals surface area contributed by atoms with Crippen LogP contribution >= 0.6 is 0 Å². The van der Waals surface area contributed by atoms with Crippen molar-refractivity contribution in [2.75, 3.05) is 6.61 Å². The molecule has 0 spiro atoms. The summed E-state index contributed by atoms with van der Waals surface area (Å²) >= 11 is 0. The van der Waals surface area contributed by atoms with Crippen LogP contribution in [0.3, 0.4) is 0 Å². The molecule has 6 rings (SSSR count). The van der Waals surface area contributed by atoms with Crippen LogP contribution in [-0.2, 0) is 57.1 Å². The average molecular weight is 1430 g/mol. The Bertz CT molecular complexity index is 3550. The van der Waals surface area contributed by atoms with Gasteiger partial charge in [-0.25, -0.2) is 9.59 Å². The standard InChI is InChI=1S/C88H115NO15/c1-12-14-16-18-20-22-24-26-28-30-32-34-36-38-40-42-44-46-54-60-73(91)100-71-62-72-87(64-98-72,103-67(5)90)78-80(102-82(95)69-58-52-49-53-59-69)88(97)63-70(99-81(94)66(4)76(68-56-50-48-51-57-68)89-83(96)104-84(6,7)8)65(3)75(85(88,9)10)77(79(93)86(71,78)11)101-74(92)61-55-47-45-43-41-39-37-35-33-31-29-27-25-23-21-19-17-15-13-2/h14-17,20-23,26-29,32-35,38-41,44-53,56-59,66,70-72,76-78,80,97H,12-13,18-19,24-25,30-31,36-37,42-43,54-55,60-64H2,1-11H3,(H,89,96)/b16-14-,17-15-,22-20-,23-21-,28-26-,29-27-,34-32-,35-33-,40-38-,41-39-,46-44-,47-45-/t66?,70?,71-,72+,76+,77+,78-,80-,86+,87-,88+/m0/s1. The summed E-state index contributed by atoms with van der Waals surface area (Å²) in [6.07, 6.45) is 51.4. The number of ether oxygens (including phenoxy) is 7. The molecule has 3 aliphatic carbocycles. The summed E-state index contributed by atoms with van der Waals surface area (Å²) in [5, 5.41) is 17.4. The van der Waals surface area contributed by atoms with Crippen LogP contribution in [0.1, 0.15) is 214 Å². The molecule has 16 nitrogen and oxygen atoms in total. The van der Waals surface area contributed by atoms with Crippen LogP contribution in [0.2, 0.25) is 0 Å². The number of hydrogen-bond donors (Lipinski definition) is 2. The Morgan fingerprint density at radius 3 is 1.46 bits per heavy atom. The maximum atomic E-state index is 17.0. The average Bonchev–Trinajstić information content (AvgIpc) is 0.668. The highest BCUT2D eigenvalue weighted by atomic mass is 16.6. The van der Waals surface area contributed by atoms with E-state index in [-0.39, 0.29) is 55.4 Å². The molecule has 104 heavy (non-hydrogen) atoms. The lowest BCUT2D eigenvalue weighted by molar-refractivity contribution is -0.346. The molecule has 3 fully saturated rings. The highest BCUT2D eigenvalue weighted by molar-refractivity contribution is 5.96. The van der Waals surface area contributed by atoms with Crippen LogP contribution in [0.5, 0.6) is 0 Å². The van der Waals surface area contributed by atoms with Crippen molar-refractivity contribution in [2.45, 2.75) is 245 Å². The predicted octanol–water partition coefficient (Wildman–Crippen LogP) is 18.6. The van der Waals surface area contributed by atoms with Gasteiger partial charge in [-0.3, -0.25) is 24.0 Å². The SMILES string of the molecule is CC/C=C\C/C=C\C/C=C\C/C=C\C/C=C\C/C=C\CCC(=O)O[C@H]1C(=O)[C@]2(C)[C@@H](OC(=O)CC/C=C\C/C=C\C/C=C\C/C=C\C/C=C\C/C=C\CC)C[C@H]3OC[C@@]3(OC(C)=O)[C@H]2[C@H](OC(=O)c2ccccc2)[C@]2(O)CC(OC(=O)C(C)[C@@H](NC(=O)OC(C)(C)C)c3ccccc3)C(C)=C1C2(C)C. The van der Waals surface area contributed by atoms with Gasteiger partial charge >= 0.3 is 35.9 Å². The molecule has 2 N–H and O–H groups in total. The minimum atomic E-state index is -2.44. The molecule has 4 aliphatic rings. The number of fused-ring (bicyclic) bond motifs is 5. The van der Waals surface area contributed by atoms with Gasteiger partial charge < -0.3 is 43.6 Å². The summed E-state index contributed by atoms with van der Waals surface area (Å²) in [4.78, 5) is 104. The molecule has 0 radical (unpaired) electrons. The quantitative estimate of drug-likeness (QED) is 0.0363. The second kappa shape index (κ2) is 42.3. The van der Waals surface area contributed by atoms with Crippen LogP contribution in [0, 0.1) is 22.7 Å². The number of carbonyl (C=O) groups excluding carboxylic acids is 7. The number of Topliss-reactive ketones (excluding diaryl/α,β-unsaturated/α-hetero) is 1. The van der Waals surface area contributed by atoms with E-state index in [2.05, 4.69) is 129 Å². The number of hydrogen-bond acceptors (Lipinski definition) is 15. The number of nitrogens with one attached hydrogen (secondary N) is 1. The smallest absolute Gasteiger partial charge is 0.408 e. The maximum Gasteiger partial charge on any atom is 0.408 e. The minimum absolute atomic E-state index is 0.0483. The molecule has 11 atom stereocenters. The normalized spacial score (nSPS) is 24.9. The number of ketones is 1. The number of rotatable bonds is 38. The largest absolute Gasteiger partial charge is 0.461 e. The minimum Gasteiger partial charge on any atom is -0.461 e. The zero-order chi connectivity index (χ0) is 75.6. The number of benzene rings is 2. The number of amides is 1. The Morgan fingerprint density at radius 2 is 1.04 bits per heavy atom. The molecule has 1 heterocycles. The van der Waals surface area contributed by atoms with E-state index in [1.165, 1.54) is 26.0 Å². The van der Waals surface area contributed by atoms with Crippen molar-refractivity contribution >= 4 is 41.7 Å². The zero-order valence-corrected chi connectivity index (χ0v) is 63.3. The lowest BCUT2D eigenvalue weighted by Crippen LogP contribution is -2.82. The third-order valence-electron chi connectivity index (χ3n) is 19.6. The van der Waals surface area contributed by atoms with Crippen LogP contribution in [0.4, 0.5) is 4.79 Å². The van der Waals surface area contributed by atoms with Crippen molar-refractivity contribution < 1.29 is 71.8 Å². The van der Waals surface area contributed by atoms with Gasteiger partial charge in [-0.2, -0.15) is 0 Å². The molecular weight excluding hydrogens is 1310 g/mol. The van der Waals surface area contributed by atoms with Gasteiger partial charge in [-0.1, -0.05) is 222 Å². The Labute approximate surface area is 619 Å². The van der Waals surface area contributed by atoms with Gasteiger partial charge in [-0.05, 0) is 160 Å². The summed E-state index contributed by atoms with van der Waals surface area (Å²) < 4.78 is 44.8. The van der Waals surface area contributed by atoms with Crippen molar-refractivity contribution in [2.24, 2.45) is 22.7 Å². The fourth-order valence-corrected chi connectivity index (χ4v) is 14.1. The molecule has 2 aromatic rings. The Morgan fingerprint density at radius 1 is 0.606 bits per heavy atom. The van der Waals surface area contributed by atoms with E-state index in [1.54, 1.807) is 97.0 Å². The molecule has 0 aromatic heterocycles. The summed E-state index contributed by atoms with van der Waals surface area (Å²) in [7, 11) is 0. The highest BCUT2D eigenvalue weighted by Crippen LogP contribution is 2.65. The Hall–Kier alpha value is -8.73. The van der Waals surface area contributed by atoms with Gasteiger partial charge in [0.05, 0.1) is 35.5 Å². The molecule has 1 aliphatic heterocycles. The van der Waals surface area contributed by atoms with Crippen molar-refractivity contribution in [3.63, 3.8) is 0 Å². The van der Waals surface area contributed by atoms with Gasteiger partial charge in [-0.15, -0.1) is 0 Å². The van der Waals surface area contributed by atoms with Crippen LogP contribution in [-0.4, -0.2) is 101 Å². The number of carbonyl (C=O) groups is 7. The molecule has 2 aromatic carbocycles. The topological polar surface area (TPSA) is 216 Å². The first kappa shape index (κ1) is 84.2. The lowest BCUT2D eigenvalue weighted by Gasteiger charge is -2.67. The number of esters is 5. The molecule has 2 bridgehead atoms. The van der Waals surface area contributed by atoms with E-state index < -0.39 is 124 Å². The van der Waals surface area contributed by atoms with E-state index >= 15 is 14.4 Å². The fraction of sp³-hybridized carbons (Fsp3) is 0.489. The second-order valence-corrected chi connectivity index (χ2v) is 28.8. The van der Waals surface area contributed by atoms with E-state index in [1.807, 2.05) is 36.5 Å². The van der Waals surface area contributed by atoms with E-state index in [0.29, 0.717) is 18.4 Å². The lowest BCUT2D eigenvalue weighted by atomic mass is 9.44. The van der Waals surface area contributed by atoms with Crippen molar-refractivity contribution in [1.82, 2.24) is 5.32 Å². The maximum absolute atomic E-state index is 17.0. The van der Waals surface area contributed by atoms with Gasteiger partial charge in [0.25, 0.3) is 0 Å². The number of alkyl carbamates (subject to hydrolysis) is 1. The van der Waals surface area contributed by atoms with E-state index in [0.717, 1.165) is 64.2 Å². The first-order chi connectivity index (χ1) is 49.9. The van der Waals surface area contributed by atoms with Crippen molar-refractivity contribution in [1.29, 1.82) is 0 Å². The summed E-state index contributed by atoms with van der Waals surface area (Å²) in [6.45, 7) is 18.3. The van der Waals surface area contributed by atoms with Gasteiger partial charge in [0.1, 0.15) is 35.6 Å². The first-order valence-corrected chi connectivity index (χ1v) is 37.3. The second-order valence-electron chi connectivity index (χ2n) is 28.8. The Balaban J connectivity index is 1.35.